The lowest BCUT2D eigenvalue weighted by atomic mass is 10.1. The molecule has 0 N–H and O–H groups in total. The summed E-state index contributed by atoms with van der Waals surface area (Å²) in [5.41, 5.74) is 0.579. The molecule has 2 nitrogen and oxygen atoms in total. The van der Waals surface area contributed by atoms with Crippen molar-refractivity contribution in [3.63, 3.8) is 0 Å². The van der Waals surface area contributed by atoms with Crippen molar-refractivity contribution in [2.45, 2.75) is 34.3 Å². The molecule has 0 unspecified atom stereocenters. The number of carbonyl (C=O) groups is 1. The fraction of sp³-hybridized carbons (Fsp3) is 0.471. The van der Waals surface area contributed by atoms with Crippen LogP contribution >= 0.6 is 0 Å². The molecule has 0 heterocycles. The first-order valence-electron chi connectivity index (χ1n) is 7.09. The predicted molar refractivity (Wildman–Crippen MR) is 76.3 cm³/mol. The maximum atomic E-state index is 13.5. The lowest BCUT2D eigenvalue weighted by molar-refractivity contribution is -0.147. The van der Waals surface area contributed by atoms with Gasteiger partial charge in [0.15, 0.2) is 11.6 Å². The lowest BCUT2D eigenvalue weighted by Gasteiger charge is -2.07. The van der Waals surface area contributed by atoms with E-state index >= 15 is 0 Å². The average Bonchev–Trinajstić information content (AvgIpc) is 2.92. The molecule has 1 saturated carbocycles. The first-order valence-corrected chi connectivity index (χ1v) is 7.09. The molecule has 0 amide bonds. The third-order valence-electron chi connectivity index (χ3n) is 4.12. The van der Waals surface area contributed by atoms with Crippen LogP contribution in [0.2, 0.25) is 0 Å². The fourth-order valence-electron chi connectivity index (χ4n) is 2.75. The molecular formula is C17H19F3O2. The molecular weight excluding hydrogens is 293 g/mol. The van der Waals surface area contributed by atoms with E-state index < -0.39 is 30.0 Å². The Hall–Kier alpha value is -1.78. The van der Waals surface area contributed by atoms with Gasteiger partial charge in [-0.15, -0.1) is 0 Å². The maximum Gasteiger partial charge on any atom is 0.310 e. The standard InChI is InChI=1S/C17H19F3O2/c1-9(2)5-12-14(17(12,3)4)16(21)22-8-10-6-11(18)7-13(19)15(10)20/h5-7,12,14H,8H2,1-4H3/t12-,14+/m1/s1. The van der Waals surface area contributed by atoms with Crippen molar-refractivity contribution < 1.29 is 22.7 Å². The summed E-state index contributed by atoms with van der Waals surface area (Å²) in [7, 11) is 0. The summed E-state index contributed by atoms with van der Waals surface area (Å²) < 4.78 is 44.7. The van der Waals surface area contributed by atoms with Gasteiger partial charge >= 0.3 is 5.97 Å². The van der Waals surface area contributed by atoms with Gasteiger partial charge in [-0.2, -0.15) is 0 Å². The van der Waals surface area contributed by atoms with Crippen molar-refractivity contribution in [1.82, 2.24) is 0 Å². The first-order chi connectivity index (χ1) is 10.1. The Morgan fingerprint density at radius 1 is 1.27 bits per heavy atom. The summed E-state index contributed by atoms with van der Waals surface area (Å²) in [6.45, 7) is 7.31. The molecule has 0 aliphatic heterocycles. The van der Waals surface area contributed by atoms with Gasteiger partial charge in [0.1, 0.15) is 12.4 Å². The van der Waals surface area contributed by atoms with Crippen LogP contribution in [-0.4, -0.2) is 5.97 Å². The SMILES string of the molecule is CC(C)=C[C@@H]1[C@@H](C(=O)OCc2cc(F)cc(F)c2F)C1(C)C. The largest absolute Gasteiger partial charge is 0.460 e. The third-order valence-corrected chi connectivity index (χ3v) is 4.12. The Morgan fingerprint density at radius 3 is 2.50 bits per heavy atom. The molecule has 22 heavy (non-hydrogen) atoms. The molecule has 1 aromatic carbocycles. The van der Waals surface area contributed by atoms with Gasteiger partial charge in [0.2, 0.25) is 0 Å². The van der Waals surface area contributed by atoms with E-state index in [9.17, 15) is 18.0 Å². The van der Waals surface area contributed by atoms with Crippen LogP contribution in [-0.2, 0) is 16.1 Å². The van der Waals surface area contributed by atoms with Crippen LogP contribution in [0.3, 0.4) is 0 Å². The Balaban J connectivity index is 2.04. The molecule has 2 rings (SSSR count). The van der Waals surface area contributed by atoms with Crippen molar-refractivity contribution in [3.05, 3.63) is 46.8 Å². The van der Waals surface area contributed by atoms with Crippen molar-refractivity contribution in [1.29, 1.82) is 0 Å². The third kappa shape index (κ3) is 3.18. The molecule has 1 aliphatic carbocycles. The molecule has 0 bridgehead atoms. The smallest absolute Gasteiger partial charge is 0.310 e. The Bertz CT molecular complexity index is 631. The second kappa shape index (κ2) is 5.78. The second-order valence-electron chi connectivity index (χ2n) is 6.54. The van der Waals surface area contributed by atoms with E-state index in [4.69, 9.17) is 4.74 Å². The predicted octanol–water partition coefficient (Wildman–Crippen LogP) is 4.39. The summed E-state index contributed by atoms with van der Waals surface area (Å²) in [4.78, 5) is 12.1. The van der Waals surface area contributed by atoms with Gasteiger partial charge in [-0.3, -0.25) is 4.79 Å². The molecule has 0 saturated heterocycles. The van der Waals surface area contributed by atoms with E-state index in [0.29, 0.717) is 6.07 Å². The average molecular weight is 312 g/mol. The number of esters is 1. The highest BCUT2D eigenvalue weighted by atomic mass is 19.2. The Morgan fingerprint density at radius 2 is 1.91 bits per heavy atom. The van der Waals surface area contributed by atoms with E-state index in [1.807, 2.05) is 33.8 Å². The van der Waals surface area contributed by atoms with Crippen LogP contribution in [0.15, 0.2) is 23.8 Å². The van der Waals surface area contributed by atoms with Crippen molar-refractivity contribution in [3.8, 4) is 0 Å². The molecule has 0 radical (unpaired) electrons. The summed E-state index contributed by atoms with van der Waals surface area (Å²) in [5, 5.41) is 0. The highest BCUT2D eigenvalue weighted by Crippen LogP contribution is 2.59. The molecule has 120 valence electrons. The van der Waals surface area contributed by atoms with Gasteiger partial charge in [-0.05, 0) is 31.2 Å². The van der Waals surface area contributed by atoms with Crippen LogP contribution < -0.4 is 0 Å². The molecule has 1 fully saturated rings. The molecule has 0 spiro atoms. The maximum absolute atomic E-state index is 13.5. The van der Waals surface area contributed by atoms with Gasteiger partial charge in [0.25, 0.3) is 0 Å². The van der Waals surface area contributed by atoms with Crippen LogP contribution in [0.4, 0.5) is 13.2 Å². The van der Waals surface area contributed by atoms with E-state index in [1.165, 1.54) is 0 Å². The van der Waals surface area contributed by atoms with Crippen LogP contribution in [0.1, 0.15) is 33.3 Å². The van der Waals surface area contributed by atoms with E-state index in [1.54, 1.807) is 0 Å². The number of carbonyl (C=O) groups excluding carboxylic acids is 1. The normalized spacial score (nSPS) is 22.1. The van der Waals surface area contributed by atoms with Gasteiger partial charge in [0.05, 0.1) is 5.92 Å². The summed E-state index contributed by atoms with van der Waals surface area (Å²) in [5.74, 6) is -4.11. The Kier molecular flexibility index (Phi) is 4.36. The van der Waals surface area contributed by atoms with Crippen molar-refractivity contribution in [2.24, 2.45) is 17.3 Å². The van der Waals surface area contributed by atoms with E-state index in [-0.39, 0.29) is 22.8 Å². The zero-order valence-electron chi connectivity index (χ0n) is 13.0. The number of allylic oxidation sites excluding steroid dienone is 2. The minimum atomic E-state index is -1.29. The highest BCUT2D eigenvalue weighted by molar-refractivity contribution is 5.78. The summed E-state index contributed by atoms with van der Waals surface area (Å²) in [6.07, 6.45) is 2.01. The minimum absolute atomic E-state index is 0.0686. The lowest BCUT2D eigenvalue weighted by Crippen LogP contribution is -2.12. The number of halogens is 3. The highest BCUT2D eigenvalue weighted by Gasteiger charge is 2.61. The number of ether oxygens (including phenoxy) is 1. The zero-order chi connectivity index (χ0) is 16.7. The van der Waals surface area contributed by atoms with Gasteiger partial charge in [-0.1, -0.05) is 25.5 Å². The number of rotatable bonds is 4. The van der Waals surface area contributed by atoms with Gasteiger partial charge in [-0.25, -0.2) is 13.2 Å². The molecule has 2 atom stereocenters. The fourth-order valence-corrected chi connectivity index (χ4v) is 2.75. The summed E-state index contributed by atoms with van der Waals surface area (Å²) in [6, 6.07) is 1.28. The van der Waals surface area contributed by atoms with E-state index in [0.717, 1.165) is 11.6 Å². The number of hydrogen-bond acceptors (Lipinski definition) is 2. The quantitative estimate of drug-likeness (QED) is 0.468. The molecule has 0 aromatic heterocycles. The van der Waals surface area contributed by atoms with Crippen LogP contribution in [0.25, 0.3) is 0 Å². The minimum Gasteiger partial charge on any atom is -0.460 e. The number of benzene rings is 1. The second-order valence-corrected chi connectivity index (χ2v) is 6.54. The van der Waals surface area contributed by atoms with Crippen molar-refractivity contribution >= 4 is 5.97 Å². The molecule has 1 aromatic rings. The van der Waals surface area contributed by atoms with Crippen LogP contribution in [0.5, 0.6) is 0 Å². The molecule has 5 heteroatoms. The molecule has 1 aliphatic rings. The first kappa shape index (κ1) is 16.6. The zero-order valence-corrected chi connectivity index (χ0v) is 13.0. The van der Waals surface area contributed by atoms with Crippen molar-refractivity contribution in [2.75, 3.05) is 0 Å². The van der Waals surface area contributed by atoms with Gasteiger partial charge < -0.3 is 4.74 Å². The van der Waals surface area contributed by atoms with Crippen LogP contribution in [0, 0.1) is 34.7 Å². The van der Waals surface area contributed by atoms with Gasteiger partial charge in [0, 0.05) is 11.6 Å². The monoisotopic (exact) mass is 312 g/mol. The Labute approximate surface area is 128 Å². The number of hydrogen-bond donors (Lipinski definition) is 0. The summed E-state index contributed by atoms with van der Waals surface area (Å²) >= 11 is 0. The topological polar surface area (TPSA) is 26.3 Å². The van der Waals surface area contributed by atoms with E-state index in [2.05, 4.69) is 0 Å².